The third-order valence-corrected chi connectivity index (χ3v) is 2.25. The van der Waals surface area contributed by atoms with E-state index in [1.54, 1.807) is 0 Å². The molecular weight excluding hydrogens is 222 g/mol. The molecule has 17 heavy (non-hydrogen) atoms. The van der Waals surface area contributed by atoms with Crippen LogP contribution in [0.1, 0.15) is 32.6 Å². The number of aromatic nitrogens is 1. The van der Waals surface area contributed by atoms with Gasteiger partial charge in [0.15, 0.2) is 0 Å². The van der Waals surface area contributed by atoms with Crippen LogP contribution in [0, 0.1) is 10.1 Å². The van der Waals surface area contributed by atoms with Crippen LogP contribution >= 0.6 is 0 Å². The number of nitro groups is 1. The van der Waals surface area contributed by atoms with E-state index < -0.39 is 4.92 Å². The van der Waals surface area contributed by atoms with E-state index in [1.807, 2.05) is 6.92 Å². The summed E-state index contributed by atoms with van der Waals surface area (Å²) in [5, 5.41) is 13.1. The number of carbonyl (C=O) groups is 1. The van der Waals surface area contributed by atoms with Crippen LogP contribution < -0.4 is 5.32 Å². The molecule has 1 amide bonds. The molecule has 0 unspecified atom stereocenters. The summed E-state index contributed by atoms with van der Waals surface area (Å²) >= 11 is 0. The molecule has 6 heteroatoms. The monoisotopic (exact) mass is 237 g/mol. The summed E-state index contributed by atoms with van der Waals surface area (Å²) in [5.74, 6) is -0.223. The Bertz CT molecular complexity index is 407. The van der Waals surface area contributed by atoms with Gasteiger partial charge >= 0.3 is 5.69 Å². The molecule has 1 heterocycles. The van der Waals surface area contributed by atoms with Crippen LogP contribution in [-0.2, 0) is 4.79 Å². The van der Waals surface area contributed by atoms with Crippen LogP contribution in [0.15, 0.2) is 18.3 Å². The largest absolute Gasteiger partial charge is 0.311 e. The highest BCUT2D eigenvalue weighted by Gasteiger charge is 2.15. The molecule has 0 aliphatic carbocycles. The van der Waals surface area contributed by atoms with Gasteiger partial charge in [0.05, 0.1) is 4.92 Å². The molecule has 92 valence electrons. The van der Waals surface area contributed by atoms with Crippen molar-refractivity contribution in [2.24, 2.45) is 0 Å². The van der Waals surface area contributed by atoms with Crippen molar-refractivity contribution in [2.75, 3.05) is 5.32 Å². The maximum Gasteiger partial charge on any atom is 0.311 e. The lowest BCUT2D eigenvalue weighted by Crippen LogP contribution is -2.13. The Hall–Kier alpha value is -1.98. The smallest absolute Gasteiger partial charge is 0.305 e. The molecule has 6 nitrogen and oxygen atoms in total. The molecule has 0 atom stereocenters. The predicted molar refractivity (Wildman–Crippen MR) is 63.7 cm³/mol. The van der Waals surface area contributed by atoms with E-state index in [1.165, 1.54) is 18.3 Å². The molecule has 0 saturated heterocycles. The van der Waals surface area contributed by atoms with Crippen LogP contribution in [0.2, 0.25) is 0 Å². The maximum atomic E-state index is 11.5. The van der Waals surface area contributed by atoms with E-state index in [0.29, 0.717) is 6.42 Å². The van der Waals surface area contributed by atoms with Crippen LogP contribution in [0.4, 0.5) is 11.5 Å². The van der Waals surface area contributed by atoms with Gasteiger partial charge in [0.1, 0.15) is 0 Å². The maximum absolute atomic E-state index is 11.5. The van der Waals surface area contributed by atoms with Crippen molar-refractivity contribution in [3.05, 3.63) is 28.4 Å². The number of nitrogens with one attached hydrogen (secondary N) is 1. The molecular formula is C11H15N3O3. The van der Waals surface area contributed by atoms with Gasteiger partial charge in [-0.3, -0.25) is 14.9 Å². The van der Waals surface area contributed by atoms with E-state index in [0.717, 1.165) is 19.3 Å². The molecule has 0 aliphatic rings. The summed E-state index contributed by atoms with van der Waals surface area (Å²) in [7, 11) is 0. The fourth-order valence-electron chi connectivity index (χ4n) is 1.37. The van der Waals surface area contributed by atoms with Gasteiger partial charge < -0.3 is 5.32 Å². The van der Waals surface area contributed by atoms with E-state index in [9.17, 15) is 14.9 Å². The zero-order valence-electron chi connectivity index (χ0n) is 9.68. The standard InChI is InChI=1S/C11H15N3O3/c1-2-3-4-7-10(15)13-11-9(14(16)17)6-5-8-12-11/h5-6,8H,2-4,7H2,1H3,(H,12,13,15). The van der Waals surface area contributed by atoms with Crippen molar-refractivity contribution in [3.63, 3.8) is 0 Å². The fourth-order valence-corrected chi connectivity index (χ4v) is 1.37. The summed E-state index contributed by atoms with van der Waals surface area (Å²) in [6.45, 7) is 2.04. The van der Waals surface area contributed by atoms with Crippen LogP contribution in [0.25, 0.3) is 0 Å². The van der Waals surface area contributed by atoms with Gasteiger partial charge in [-0.2, -0.15) is 0 Å². The van der Waals surface area contributed by atoms with Gasteiger partial charge in [-0.15, -0.1) is 0 Å². The Kier molecular flexibility index (Phi) is 5.06. The van der Waals surface area contributed by atoms with Crippen LogP contribution in [0.5, 0.6) is 0 Å². The highest BCUT2D eigenvalue weighted by atomic mass is 16.6. The number of rotatable bonds is 6. The number of anilines is 1. The van der Waals surface area contributed by atoms with Gasteiger partial charge in [0.25, 0.3) is 0 Å². The first-order chi connectivity index (χ1) is 8.15. The molecule has 0 aromatic carbocycles. The highest BCUT2D eigenvalue weighted by Crippen LogP contribution is 2.20. The highest BCUT2D eigenvalue weighted by molar-refractivity contribution is 5.91. The van der Waals surface area contributed by atoms with Crippen molar-refractivity contribution < 1.29 is 9.72 Å². The van der Waals surface area contributed by atoms with E-state index in [4.69, 9.17) is 0 Å². The first-order valence-corrected chi connectivity index (χ1v) is 5.54. The van der Waals surface area contributed by atoms with E-state index >= 15 is 0 Å². The molecule has 0 aliphatic heterocycles. The van der Waals surface area contributed by atoms with Crippen molar-refractivity contribution in [1.82, 2.24) is 4.98 Å². The summed E-state index contributed by atoms with van der Waals surface area (Å²) in [6, 6.07) is 2.78. The molecule has 0 fully saturated rings. The van der Waals surface area contributed by atoms with E-state index in [-0.39, 0.29) is 17.4 Å². The Labute approximate surface area is 99.2 Å². The summed E-state index contributed by atoms with van der Waals surface area (Å²) in [4.78, 5) is 25.4. The van der Waals surface area contributed by atoms with Crippen molar-refractivity contribution in [2.45, 2.75) is 32.6 Å². The van der Waals surface area contributed by atoms with Crippen molar-refractivity contribution >= 4 is 17.4 Å². The second-order valence-electron chi connectivity index (χ2n) is 3.63. The average Bonchev–Trinajstić information content (AvgIpc) is 2.29. The van der Waals surface area contributed by atoms with Gasteiger partial charge in [0, 0.05) is 18.7 Å². The molecule has 0 bridgehead atoms. The van der Waals surface area contributed by atoms with Gasteiger partial charge in [-0.05, 0) is 12.5 Å². The van der Waals surface area contributed by atoms with Gasteiger partial charge in [0.2, 0.25) is 11.7 Å². The Morgan fingerprint density at radius 2 is 2.29 bits per heavy atom. The Morgan fingerprint density at radius 3 is 2.94 bits per heavy atom. The topological polar surface area (TPSA) is 85.1 Å². The second kappa shape index (κ2) is 6.57. The van der Waals surface area contributed by atoms with Crippen LogP contribution in [0.3, 0.4) is 0 Å². The molecule has 1 rings (SSSR count). The predicted octanol–water partition coefficient (Wildman–Crippen LogP) is 2.51. The van der Waals surface area contributed by atoms with Crippen molar-refractivity contribution in [3.8, 4) is 0 Å². The molecule has 0 radical (unpaired) electrons. The number of pyridine rings is 1. The SMILES string of the molecule is CCCCCC(=O)Nc1ncccc1[N+](=O)[O-]. The summed E-state index contributed by atoms with van der Waals surface area (Å²) in [5.41, 5.74) is -0.184. The minimum Gasteiger partial charge on any atom is -0.305 e. The number of hydrogen-bond donors (Lipinski definition) is 1. The zero-order valence-corrected chi connectivity index (χ0v) is 9.68. The Morgan fingerprint density at radius 1 is 1.53 bits per heavy atom. The molecule has 1 aromatic heterocycles. The van der Waals surface area contributed by atoms with Gasteiger partial charge in [-0.25, -0.2) is 4.98 Å². The number of unbranched alkanes of at least 4 members (excludes halogenated alkanes) is 2. The third kappa shape index (κ3) is 4.18. The molecule has 1 aromatic rings. The third-order valence-electron chi connectivity index (χ3n) is 2.25. The lowest BCUT2D eigenvalue weighted by molar-refractivity contribution is -0.384. The summed E-state index contributed by atoms with van der Waals surface area (Å²) < 4.78 is 0. The van der Waals surface area contributed by atoms with Crippen LogP contribution in [-0.4, -0.2) is 15.8 Å². The lowest BCUT2D eigenvalue weighted by Gasteiger charge is -2.04. The van der Waals surface area contributed by atoms with E-state index in [2.05, 4.69) is 10.3 Å². The number of nitrogens with zero attached hydrogens (tertiary/aromatic N) is 2. The molecule has 1 N–H and O–H groups in total. The number of hydrogen-bond acceptors (Lipinski definition) is 4. The summed E-state index contributed by atoms with van der Waals surface area (Å²) in [6.07, 6.45) is 4.55. The Balaban J connectivity index is 2.61. The first-order valence-electron chi connectivity index (χ1n) is 5.54. The zero-order chi connectivity index (χ0) is 12.7. The second-order valence-corrected chi connectivity index (χ2v) is 3.63. The van der Waals surface area contributed by atoms with Gasteiger partial charge in [-0.1, -0.05) is 19.8 Å². The minimum atomic E-state index is -0.561. The first kappa shape index (κ1) is 13.1. The molecule has 0 spiro atoms. The number of carbonyl (C=O) groups excluding carboxylic acids is 1. The lowest BCUT2D eigenvalue weighted by atomic mass is 10.2. The van der Waals surface area contributed by atoms with Crippen molar-refractivity contribution in [1.29, 1.82) is 0 Å². The number of amides is 1. The fraction of sp³-hybridized carbons (Fsp3) is 0.455. The average molecular weight is 237 g/mol. The molecule has 0 saturated carbocycles. The minimum absolute atomic E-state index is 0.0130. The normalized spacial score (nSPS) is 9.94. The quantitative estimate of drug-likeness (QED) is 0.468.